The molecule has 0 saturated carbocycles. The van der Waals surface area contributed by atoms with Crippen molar-refractivity contribution in [2.24, 2.45) is 0 Å². The zero-order valence-electron chi connectivity index (χ0n) is 18.3. The van der Waals surface area contributed by atoms with E-state index in [4.69, 9.17) is 4.74 Å². The van der Waals surface area contributed by atoms with E-state index in [1.807, 2.05) is 31.2 Å². The number of anilines is 3. The van der Waals surface area contributed by atoms with Crippen LogP contribution in [0.5, 0.6) is 0 Å². The van der Waals surface area contributed by atoms with Crippen LogP contribution in [0.3, 0.4) is 0 Å². The Balaban J connectivity index is 1.48. The van der Waals surface area contributed by atoms with Gasteiger partial charge in [0.1, 0.15) is 5.56 Å². The summed E-state index contributed by atoms with van der Waals surface area (Å²) in [5, 5.41) is 6.15. The molecule has 2 N–H and O–H groups in total. The van der Waals surface area contributed by atoms with Gasteiger partial charge in [-0.15, -0.1) is 0 Å². The number of nitrogens with zero attached hydrogens (tertiary/aromatic N) is 3. The molecule has 0 fully saturated rings. The van der Waals surface area contributed by atoms with Crippen LogP contribution in [-0.2, 0) is 4.74 Å². The van der Waals surface area contributed by atoms with Crippen molar-refractivity contribution < 1.29 is 19.1 Å². The highest BCUT2D eigenvalue weighted by molar-refractivity contribution is 6.21. The summed E-state index contributed by atoms with van der Waals surface area (Å²) in [4.78, 5) is 47.2. The van der Waals surface area contributed by atoms with Gasteiger partial charge in [0, 0.05) is 25.0 Å². The van der Waals surface area contributed by atoms with E-state index in [1.54, 1.807) is 31.2 Å². The van der Waals surface area contributed by atoms with Crippen LogP contribution in [0.2, 0.25) is 0 Å². The number of imide groups is 1. The number of esters is 1. The Kier molecular flexibility index (Phi) is 6.30. The van der Waals surface area contributed by atoms with Gasteiger partial charge in [-0.2, -0.15) is 4.98 Å². The molecule has 9 heteroatoms. The summed E-state index contributed by atoms with van der Waals surface area (Å²) in [6.45, 7) is 4.30. The Morgan fingerprint density at radius 1 is 1.06 bits per heavy atom. The SMILES string of the molecule is CCOC(=O)c1cnc(NCCN2C(=O)c3ccccc3C2=O)nc1Nc1cccc(C)c1. The van der Waals surface area contributed by atoms with Gasteiger partial charge in [-0.25, -0.2) is 9.78 Å². The molecule has 2 amide bonds. The fourth-order valence-electron chi connectivity index (χ4n) is 3.50. The van der Waals surface area contributed by atoms with Gasteiger partial charge in [-0.3, -0.25) is 14.5 Å². The highest BCUT2D eigenvalue weighted by atomic mass is 16.5. The molecule has 0 aliphatic carbocycles. The van der Waals surface area contributed by atoms with Crippen molar-refractivity contribution in [3.63, 3.8) is 0 Å². The Labute approximate surface area is 190 Å². The quantitative estimate of drug-likeness (QED) is 0.401. The number of aromatic nitrogens is 2. The van der Waals surface area contributed by atoms with Gasteiger partial charge in [0.25, 0.3) is 11.8 Å². The smallest absolute Gasteiger partial charge is 0.343 e. The van der Waals surface area contributed by atoms with Crippen LogP contribution < -0.4 is 10.6 Å². The summed E-state index contributed by atoms with van der Waals surface area (Å²) in [6.07, 6.45) is 1.38. The van der Waals surface area contributed by atoms with Crippen molar-refractivity contribution in [1.29, 1.82) is 0 Å². The standard InChI is InChI=1S/C24H23N5O4/c1-3-33-23(32)19-14-26-24(28-20(19)27-16-8-6-7-15(2)13-16)25-11-12-29-21(30)17-9-4-5-10-18(17)22(29)31/h4-10,13-14H,3,11-12H2,1-2H3,(H2,25,26,27,28). The van der Waals surface area contributed by atoms with Crippen LogP contribution in [-0.4, -0.2) is 52.3 Å². The number of amides is 2. The summed E-state index contributed by atoms with van der Waals surface area (Å²) in [5.74, 6) is -0.645. The first-order chi connectivity index (χ1) is 16.0. The van der Waals surface area contributed by atoms with Crippen molar-refractivity contribution in [2.75, 3.05) is 30.3 Å². The van der Waals surface area contributed by atoms with E-state index in [0.29, 0.717) is 11.1 Å². The van der Waals surface area contributed by atoms with Crippen molar-refractivity contribution in [2.45, 2.75) is 13.8 Å². The highest BCUT2D eigenvalue weighted by Crippen LogP contribution is 2.23. The van der Waals surface area contributed by atoms with Crippen LogP contribution in [0.4, 0.5) is 17.5 Å². The van der Waals surface area contributed by atoms with E-state index in [9.17, 15) is 14.4 Å². The molecule has 0 bridgehead atoms. The lowest BCUT2D eigenvalue weighted by atomic mass is 10.1. The minimum absolute atomic E-state index is 0.149. The molecule has 168 valence electrons. The zero-order chi connectivity index (χ0) is 23.4. The van der Waals surface area contributed by atoms with Gasteiger partial charge in [0.05, 0.1) is 17.7 Å². The summed E-state index contributed by atoms with van der Waals surface area (Å²) in [6, 6.07) is 14.4. The Morgan fingerprint density at radius 2 is 1.79 bits per heavy atom. The molecule has 4 rings (SSSR count). The summed E-state index contributed by atoms with van der Waals surface area (Å²) < 4.78 is 5.11. The molecule has 2 aromatic carbocycles. The van der Waals surface area contributed by atoms with Crippen LogP contribution in [0, 0.1) is 6.92 Å². The third-order valence-corrected chi connectivity index (χ3v) is 5.06. The number of carbonyl (C=O) groups excluding carboxylic acids is 3. The maximum atomic E-state index is 12.5. The average molecular weight is 445 g/mol. The van der Waals surface area contributed by atoms with E-state index in [1.165, 1.54) is 11.1 Å². The van der Waals surface area contributed by atoms with Crippen LogP contribution in [0.25, 0.3) is 0 Å². The molecule has 0 atom stereocenters. The van der Waals surface area contributed by atoms with Crippen LogP contribution in [0.15, 0.2) is 54.7 Å². The van der Waals surface area contributed by atoms with Gasteiger partial charge in [-0.05, 0) is 43.7 Å². The van der Waals surface area contributed by atoms with Gasteiger partial charge in [-0.1, -0.05) is 24.3 Å². The number of ether oxygens (including phenoxy) is 1. The Bertz CT molecular complexity index is 1190. The molecule has 0 spiro atoms. The molecule has 33 heavy (non-hydrogen) atoms. The second-order valence-electron chi connectivity index (χ2n) is 7.41. The van der Waals surface area contributed by atoms with E-state index < -0.39 is 5.97 Å². The Morgan fingerprint density at radius 3 is 2.45 bits per heavy atom. The molecule has 3 aromatic rings. The third-order valence-electron chi connectivity index (χ3n) is 5.06. The summed E-state index contributed by atoms with van der Waals surface area (Å²) in [7, 11) is 0. The van der Waals surface area contributed by atoms with Gasteiger partial charge < -0.3 is 15.4 Å². The molecule has 0 unspecified atom stereocenters. The number of hydrogen-bond donors (Lipinski definition) is 2. The van der Waals surface area contributed by atoms with Crippen molar-refractivity contribution in [3.05, 3.63) is 77.0 Å². The van der Waals surface area contributed by atoms with E-state index in [2.05, 4.69) is 20.6 Å². The Hall–Kier alpha value is -4.27. The molecule has 0 radical (unpaired) electrons. The van der Waals surface area contributed by atoms with Crippen LogP contribution >= 0.6 is 0 Å². The largest absolute Gasteiger partial charge is 0.462 e. The van der Waals surface area contributed by atoms with E-state index >= 15 is 0 Å². The fourth-order valence-corrected chi connectivity index (χ4v) is 3.50. The number of fused-ring (bicyclic) bond motifs is 1. The molecular formula is C24H23N5O4. The fraction of sp³-hybridized carbons (Fsp3) is 0.208. The first kappa shape index (κ1) is 21.9. The second kappa shape index (κ2) is 9.47. The first-order valence-corrected chi connectivity index (χ1v) is 10.5. The van der Waals surface area contributed by atoms with Gasteiger partial charge in [0.15, 0.2) is 5.82 Å². The number of carbonyl (C=O) groups is 3. The van der Waals surface area contributed by atoms with E-state index in [-0.39, 0.29) is 48.8 Å². The monoisotopic (exact) mass is 445 g/mol. The normalized spacial score (nSPS) is 12.5. The third kappa shape index (κ3) is 4.67. The van der Waals surface area contributed by atoms with Crippen molar-refractivity contribution in [1.82, 2.24) is 14.9 Å². The van der Waals surface area contributed by atoms with Crippen molar-refractivity contribution in [3.8, 4) is 0 Å². The number of hydrogen-bond acceptors (Lipinski definition) is 8. The number of benzene rings is 2. The lowest BCUT2D eigenvalue weighted by Gasteiger charge is -2.15. The van der Waals surface area contributed by atoms with Gasteiger partial charge in [0.2, 0.25) is 5.95 Å². The number of rotatable bonds is 8. The summed E-state index contributed by atoms with van der Waals surface area (Å²) in [5.41, 5.74) is 2.82. The molecule has 1 aromatic heterocycles. The minimum Gasteiger partial charge on any atom is -0.462 e. The van der Waals surface area contributed by atoms with Gasteiger partial charge >= 0.3 is 5.97 Å². The molecule has 0 saturated heterocycles. The second-order valence-corrected chi connectivity index (χ2v) is 7.41. The molecular weight excluding hydrogens is 422 g/mol. The molecule has 1 aliphatic heterocycles. The van der Waals surface area contributed by atoms with E-state index in [0.717, 1.165) is 11.3 Å². The predicted octanol–water partition coefficient (Wildman–Crippen LogP) is 3.41. The highest BCUT2D eigenvalue weighted by Gasteiger charge is 2.34. The predicted molar refractivity (Wildman–Crippen MR) is 123 cm³/mol. The molecule has 9 nitrogen and oxygen atoms in total. The minimum atomic E-state index is -0.537. The summed E-state index contributed by atoms with van der Waals surface area (Å²) >= 11 is 0. The zero-order valence-corrected chi connectivity index (χ0v) is 18.3. The first-order valence-electron chi connectivity index (χ1n) is 10.5. The lowest BCUT2D eigenvalue weighted by Crippen LogP contribution is -2.34. The lowest BCUT2D eigenvalue weighted by molar-refractivity contribution is 0.0525. The topological polar surface area (TPSA) is 114 Å². The van der Waals surface area contributed by atoms with Crippen LogP contribution in [0.1, 0.15) is 43.6 Å². The number of aryl methyl sites for hydroxylation is 1. The number of nitrogens with one attached hydrogen (secondary N) is 2. The maximum absolute atomic E-state index is 12.5. The molecule has 2 heterocycles. The maximum Gasteiger partial charge on any atom is 0.343 e. The molecule has 1 aliphatic rings. The average Bonchev–Trinajstić information content (AvgIpc) is 3.04. The van der Waals surface area contributed by atoms with Crippen molar-refractivity contribution >= 4 is 35.2 Å².